The minimum atomic E-state index is -0.239. The van der Waals surface area contributed by atoms with E-state index in [1.807, 2.05) is 6.07 Å². The predicted molar refractivity (Wildman–Crippen MR) is 72.5 cm³/mol. The summed E-state index contributed by atoms with van der Waals surface area (Å²) >= 11 is 2.40. The van der Waals surface area contributed by atoms with Crippen molar-refractivity contribution >= 4 is 22.9 Å². The zero-order chi connectivity index (χ0) is 11.2. The summed E-state index contributed by atoms with van der Waals surface area (Å²) in [6.45, 7) is 2.28. The first kappa shape index (κ1) is 11.0. The molecule has 2 nitrogen and oxygen atoms in total. The molecule has 1 spiro atoms. The smallest absolute Gasteiger partial charge is 0.0801 e. The molecule has 1 aromatic rings. The maximum atomic E-state index is 10.1. The highest BCUT2D eigenvalue weighted by Crippen LogP contribution is 2.50. The first-order chi connectivity index (χ1) is 7.71. The molecule has 1 saturated heterocycles. The van der Waals surface area contributed by atoms with Gasteiger partial charge in [0, 0.05) is 41.4 Å². The van der Waals surface area contributed by atoms with Crippen molar-refractivity contribution in [1.29, 1.82) is 0 Å². The third-order valence-electron chi connectivity index (χ3n) is 4.14. The van der Waals surface area contributed by atoms with Gasteiger partial charge < -0.3 is 5.11 Å². The Hall–Kier alpha value is -0.130. The number of halogens is 1. The topological polar surface area (TPSA) is 23.5 Å². The maximum absolute atomic E-state index is 10.1. The molecule has 1 aliphatic carbocycles. The van der Waals surface area contributed by atoms with E-state index in [4.69, 9.17) is 0 Å². The van der Waals surface area contributed by atoms with Crippen LogP contribution in [0.4, 0.5) is 0 Å². The van der Waals surface area contributed by atoms with E-state index in [1.165, 1.54) is 24.0 Å². The number of nitrogens with zero attached hydrogens (tertiary/aromatic N) is 1. The molecule has 1 heterocycles. The van der Waals surface area contributed by atoms with Gasteiger partial charge in [-0.15, -0.1) is 0 Å². The molecule has 1 fully saturated rings. The summed E-state index contributed by atoms with van der Waals surface area (Å²) in [4.78, 5) is 0. The van der Waals surface area contributed by atoms with Gasteiger partial charge in [0.15, 0.2) is 0 Å². The number of piperidine rings is 1. The molecule has 1 N–H and O–H groups in total. The fourth-order valence-electron chi connectivity index (χ4n) is 3.24. The average Bonchev–Trinajstić information content (AvgIpc) is 2.58. The van der Waals surface area contributed by atoms with Gasteiger partial charge >= 0.3 is 0 Å². The normalized spacial score (nSPS) is 28.2. The van der Waals surface area contributed by atoms with Gasteiger partial charge in [0.05, 0.1) is 6.10 Å². The number of hydrogen-bond donors (Lipinski definition) is 1. The van der Waals surface area contributed by atoms with Gasteiger partial charge in [-0.05, 0) is 30.4 Å². The Morgan fingerprint density at radius 3 is 2.69 bits per heavy atom. The Kier molecular flexibility index (Phi) is 2.72. The summed E-state index contributed by atoms with van der Waals surface area (Å²) in [5.74, 6) is 0. The van der Waals surface area contributed by atoms with Crippen LogP contribution in [-0.2, 0) is 5.41 Å². The van der Waals surface area contributed by atoms with Crippen molar-refractivity contribution in [3.8, 4) is 0 Å². The number of hydrogen-bond acceptors (Lipinski definition) is 2. The Balaban J connectivity index is 1.99. The molecule has 0 radical (unpaired) electrons. The molecule has 1 aromatic carbocycles. The number of benzene rings is 1. The van der Waals surface area contributed by atoms with Gasteiger partial charge in [0.25, 0.3) is 0 Å². The van der Waals surface area contributed by atoms with Crippen LogP contribution in [-0.4, -0.2) is 21.3 Å². The summed E-state index contributed by atoms with van der Waals surface area (Å²) in [6, 6.07) is 8.45. The Morgan fingerprint density at radius 2 is 1.94 bits per heavy atom. The van der Waals surface area contributed by atoms with Crippen molar-refractivity contribution < 1.29 is 5.11 Å². The van der Waals surface area contributed by atoms with Gasteiger partial charge in [0.1, 0.15) is 0 Å². The van der Waals surface area contributed by atoms with Crippen molar-refractivity contribution in [3.63, 3.8) is 0 Å². The van der Waals surface area contributed by atoms with E-state index in [0.717, 1.165) is 19.5 Å². The van der Waals surface area contributed by atoms with Crippen LogP contribution < -0.4 is 0 Å². The largest absolute Gasteiger partial charge is 0.388 e. The molecular weight excluding hydrogens is 313 g/mol. The lowest BCUT2D eigenvalue weighted by molar-refractivity contribution is 0.135. The Labute approximate surface area is 110 Å². The van der Waals surface area contributed by atoms with E-state index < -0.39 is 0 Å². The number of aliphatic hydroxyl groups is 1. The average molecular weight is 329 g/mol. The van der Waals surface area contributed by atoms with Gasteiger partial charge in [-0.3, -0.25) is 0 Å². The van der Waals surface area contributed by atoms with Crippen LogP contribution in [0, 0.1) is 0 Å². The molecule has 0 amide bonds. The molecule has 0 bridgehead atoms. The van der Waals surface area contributed by atoms with Crippen LogP contribution in [0.2, 0.25) is 0 Å². The van der Waals surface area contributed by atoms with Crippen molar-refractivity contribution in [2.75, 3.05) is 13.1 Å². The van der Waals surface area contributed by atoms with Crippen molar-refractivity contribution in [3.05, 3.63) is 35.4 Å². The maximum Gasteiger partial charge on any atom is 0.0801 e. The molecule has 0 saturated carbocycles. The molecule has 1 aliphatic heterocycles. The molecule has 2 aliphatic rings. The molecule has 86 valence electrons. The second-order valence-electron chi connectivity index (χ2n) is 5.00. The Bertz CT molecular complexity index is 399. The van der Waals surface area contributed by atoms with E-state index in [9.17, 15) is 5.11 Å². The number of rotatable bonds is 0. The fourth-order valence-corrected chi connectivity index (χ4v) is 3.72. The summed E-state index contributed by atoms with van der Waals surface area (Å²) in [7, 11) is 0. The van der Waals surface area contributed by atoms with Gasteiger partial charge in [-0.2, -0.15) is 0 Å². The lowest BCUT2D eigenvalue weighted by Gasteiger charge is -2.37. The highest BCUT2D eigenvalue weighted by molar-refractivity contribution is 14.1. The lowest BCUT2D eigenvalue weighted by Crippen LogP contribution is -2.37. The third kappa shape index (κ3) is 1.60. The summed E-state index contributed by atoms with van der Waals surface area (Å²) in [5, 5.41) is 10.1. The van der Waals surface area contributed by atoms with Crippen LogP contribution >= 0.6 is 22.9 Å². The zero-order valence-electron chi connectivity index (χ0n) is 9.19. The van der Waals surface area contributed by atoms with Crippen LogP contribution in [0.1, 0.15) is 36.5 Å². The molecule has 3 rings (SSSR count). The monoisotopic (exact) mass is 329 g/mol. The van der Waals surface area contributed by atoms with Crippen LogP contribution in [0.25, 0.3) is 0 Å². The lowest BCUT2D eigenvalue weighted by atomic mass is 9.74. The van der Waals surface area contributed by atoms with E-state index >= 15 is 0 Å². The number of aliphatic hydroxyl groups excluding tert-OH is 1. The third-order valence-corrected chi connectivity index (χ3v) is 5.11. The van der Waals surface area contributed by atoms with Crippen molar-refractivity contribution in [1.82, 2.24) is 3.11 Å². The van der Waals surface area contributed by atoms with Crippen molar-refractivity contribution in [2.24, 2.45) is 0 Å². The second kappa shape index (κ2) is 3.96. The van der Waals surface area contributed by atoms with Crippen molar-refractivity contribution in [2.45, 2.75) is 30.8 Å². The van der Waals surface area contributed by atoms with Gasteiger partial charge in [-0.25, -0.2) is 3.11 Å². The quantitative estimate of drug-likeness (QED) is 0.584. The SMILES string of the molecule is OC1CC2(CCN(I)CC2)c2ccccc21. The van der Waals surface area contributed by atoms with Crippen LogP contribution in [0.3, 0.4) is 0 Å². The minimum absolute atomic E-state index is 0.239. The molecule has 1 unspecified atom stereocenters. The van der Waals surface area contributed by atoms with E-state index in [-0.39, 0.29) is 11.5 Å². The highest BCUT2D eigenvalue weighted by atomic mass is 127. The summed E-state index contributed by atoms with van der Waals surface area (Å²) in [5.41, 5.74) is 2.84. The Morgan fingerprint density at radius 1 is 1.25 bits per heavy atom. The first-order valence-corrected chi connectivity index (χ1v) is 6.86. The van der Waals surface area contributed by atoms with Crippen LogP contribution in [0.5, 0.6) is 0 Å². The van der Waals surface area contributed by atoms with Crippen LogP contribution in [0.15, 0.2) is 24.3 Å². The molecular formula is C13H16INO. The zero-order valence-corrected chi connectivity index (χ0v) is 11.4. The van der Waals surface area contributed by atoms with E-state index in [0.29, 0.717) is 0 Å². The first-order valence-electron chi connectivity index (χ1n) is 5.89. The van der Waals surface area contributed by atoms with E-state index in [1.54, 1.807) is 0 Å². The summed E-state index contributed by atoms with van der Waals surface area (Å²) in [6.07, 6.45) is 3.06. The van der Waals surface area contributed by atoms with E-state index in [2.05, 4.69) is 44.2 Å². The van der Waals surface area contributed by atoms with Gasteiger partial charge in [0.2, 0.25) is 0 Å². The molecule has 3 heteroatoms. The minimum Gasteiger partial charge on any atom is -0.388 e. The summed E-state index contributed by atoms with van der Waals surface area (Å²) < 4.78 is 2.36. The molecule has 1 atom stereocenters. The predicted octanol–water partition coefficient (Wildman–Crippen LogP) is 2.81. The standard InChI is InChI=1S/C13H16INO/c14-15-7-5-13(6-8-15)9-12(16)10-3-1-2-4-11(10)13/h1-4,12,16H,5-9H2. The number of fused-ring (bicyclic) bond motifs is 2. The molecule has 0 aromatic heterocycles. The van der Waals surface area contributed by atoms with Gasteiger partial charge in [-0.1, -0.05) is 24.3 Å². The highest BCUT2D eigenvalue weighted by Gasteiger charge is 2.44. The fraction of sp³-hybridized carbons (Fsp3) is 0.538. The molecule has 16 heavy (non-hydrogen) atoms. The second-order valence-corrected chi connectivity index (χ2v) is 6.36.